The SMILES string of the molecule is CCN(CC(O)c1ccc(C)cc1C)c1cccc(C)c1. The van der Waals surface area contributed by atoms with Crippen LogP contribution in [0, 0.1) is 20.8 Å². The maximum absolute atomic E-state index is 10.6. The zero-order valence-electron chi connectivity index (χ0n) is 13.4. The van der Waals surface area contributed by atoms with Crippen molar-refractivity contribution in [3.05, 3.63) is 64.7 Å². The Kier molecular flexibility index (Phi) is 5.03. The van der Waals surface area contributed by atoms with E-state index in [1.165, 1.54) is 16.8 Å². The van der Waals surface area contributed by atoms with Crippen LogP contribution in [0.2, 0.25) is 0 Å². The van der Waals surface area contributed by atoms with Gasteiger partial charge in [-0.15, -0.1) is 0 Å². The number of aliphatic hydroxyl groups is 1. The van der Waals surface area contributed by atoms with Crippen molar-refractivity contribution in [2.75, 3.05) is 18.0 Å². The van der Waals surface area contributed by atoms with Crippen molar-refractivity contribution in [1.82, 2.24) is 0 Å². The number of rotatable bonds is 5. The van der Waals surface area contributed by atoms with Crippen LogP contribution in [-0.2, 0) is 0 Å². The van der Waals surface area contributed by atoms with Crippen molar-refractivity contribution in [2.24, 2.45) is 0 Å². The van der Waals surface area contributed by atoms with Crippen molar-refractivity contribution in [3.8, 4) is 0 Å². The van der Waals surface area contributed by atoms with Crippen molar-refractivity contribution >= 4 is 5.69 Å². The third-order valence-electron chi connectivity index (χ3n) is 3.93. The molecule has 0 amide bonds. The van der Waals surface area contributed by atoms with E-state index >= 15 is 0 Å². The Bertz CT molecular complexity index is 606. The summed E-state index contributed by atoms with van der Waals surface area (Å²) in [5.74, 6) is 0. The van der Waals surface area contributed by atoms with Gasteiger partial charge in [0.15, 0.2) is 0 Å². The summed E-state index contributed by atoms with van der Waals surface area (Å²) in [4.78, 5) is 2.22. The molecule has 0 saturated carbocycles. The van der Waals surface area contributed by atoms with Crippen LogP contribution in [0.3, 0.4) is 0 Å². The maximum Gasteiger partial charge on any atom is 0.0967 e. The van der Waals surface area contributed by atoms with Gasteiger partial charge in [-0.3, -0.25) is 0 Å². The number of anilines is 1. The first-order valence-electron chi connectivity index (χ1n) is 7.58. The monoisotopic (exact) mass is 283 g/mol. The van der Waals surface area contributed by atoms with Gasteiger partial charge in [-0.1, -0.05) is 35.9 Å². The van der Waals surface area contributed by atoms with Crippen LogP contribution in [0.4, 0.5) is 5.69 Å². The summed E-state index contributed by atoms with van der Waals surface area (Å²) >= 11 is 0. The van der Waals surface area contributed by atoms with E-state index in [9.17, 15) is 5.11 Å². The zero-order valence-corrected chi connectivity index (χ0v) is 13.4. The van der Waals surface area contributed by atoms with Gasteiger partial charge in [-0.2, -0.15) is 0 Å². The number of benzene rings is 2. The molecule has 0 fully saturated rings. The first-order chi connectivity index (χ1) is 10.0. The van der Waals surface area contributed by atoms with E-state index in [4.69, 9.17) is 0 Å². The van der Waals surface area contributed by atoms with E-state index in [2.05, 4.69) is 69.0 Å². The quantitative estimate of drug-likeness (QED) is 0.890. The summed E-state index contributed by atoms with van der Waals surface area (Å²) in [6.45, 7) is 9.85. The molecule has 0 bridgehead atoms. The molecule has 1 unspecified atom stereocenters. The molecular weight excluding hydrogens is 258 g/mol. The number of likely N-dealkylation sites (N-methyl/N-ethyl adjacent to an activating group) is 1. The average molecular weight is 283 g/mol. The third kappa shape index (κ3) is 3.85. The summed E-state index contributed by atoms with van der Waals surface area (Å²) in [6.07, 6.45) is -0.467. The molecule has 0 radical (unpaired) electrons. The number of aliphatic hydroxyl groups excluding tert-OH is 1. The summed E-state index contributed by atoms with van der Waals surface area (Å²) in [7, 11) is 0. The molecule has 2 aromatic rings. The highest BCUT2D eigenvalue weighted by atomic mass is 16.3. The lowest BCUT2D eigenvalue weighted by Crippen LogP contribution is -2.28. The largest absolute Gasteiger partial charge is 0.387 e. The van der Waals surface area contributed by atoms with Gasteiger partial charge < -0.3 is 10.0 Å². The lowest BCUT2D eigenvalue weighted by molar-refractivity contribution is 0.183. The Balaban J connectivity index is 2.18. The third-order valence-corrected chi connectivity index (χ3v) is 3.93. The second kappa shape index (κ2) is 6.77. The lowest BCUT2D eigenvalue weighted by atomic mass is 10.0. The van der Waals surface area contributed by atoms with E-state index in [0.717, 1.165) is 17.7 Å². The fourth-order valence-electron chi connectivity index (χ4n) is 2.75. The molecule has 2 nitrogen and oxygen atoms in total. The van der Waals surface area contributed by atoms with Crippen LogP contribution in [-0.4, -0.2) is 18.2 Å². The van der Waals surface area contributed by atoms with Crippen LogP contribution in [0.1, 0.15) is 35.3 Å². The molecule has 2 aromatic carbocycles. The minimum absolute atomic E-state index is 0.467. The van der Waals surface area contributed by atoms with Gasteiger partial charge in [0.2, 0.25) is 0 Å². The number of hydrogen-bond donors (Lipinski definition) is 1. The molecule has 112 valence electrons. The Labute approximate surface area is 128 Å². The molecule has 0 spiro atoms. The van der Waals surface area contributed by atoms with Crippen molar-refractivity contribution in [2.45, 2.75) is 33.8 Å². The van der Waals surface area contributed by atoms with Crippen molar-refractivity contribution in [3.63, 3.8) is 0 Å². The summed E-state index contributed by atoms with van der Waals surface area (Å²) in [5.41, 5.74) is 5.82. The lowest BCUT2D eigenvalue weighted by Gasteiger charge is -2.27. The molecule has 1 atom stereocenters. The predicted molar refractivity (Wildman–Crippen MR) is 89.9 cm³/mol. The van der Waals surface area contributed by atoms with E-state index in [-0.39, 0.29) is 0 Å². The normalized spacial score (nSPS) is 12.2. The van der Waals surface area contributed by atoms with E-state index in [1.807, 2.05) is 6.07 Å². The molecule has 0 aliphatic carbocycles. The summed E-state index contributed by atoms with van der Waals surface area (Å²) in [5, 5.41) is 10.6. The van der Waals surface area contributed by atoms with Gasteiger partial charge in [0.25, 0.3) is 0 Å². The Hall–Kier alpha value is -1.80. The minimum atomic E-state index is -0.467. The molecular formula is C19H25NO. The molecule has 0 saturated heterocycles. The van der Waals surface area contributed by atoms with E-state index < -0.39 is 6.10 Å². The van der Waals surface area contributed by atoms with Crippen molar-refractivity contribution in [1.29, 1.82) is 0 Å². The summed E-state index contributed by atoms with van der Waals surface area (Å²) < 4.78 is 0. The van der Waals surface area contributed by atoms with E-state index in [0.29, 0.717) is 6.54 Å². The summed E-state index contributed by atoms with van der Waals surface area (Å²) in [6, 6.07) is 14.7. The predicted octanol–water partition coefficient (Wildman–Crippen LogP) is 4.17. The fourth-order valence-corrected chi connectivity index (χ4v) is 2.75. The number of hydrogen-bond acceptors (Lipinski definition) is 2. The molecule has 0 aliphatic heterocycles. The fraction of sp³-hybridized carbons (Fsp3) is 0.368. The first kappa shape index (κ1) is 15.6. The highest BCUT2D eigenvalue weighted by Crippen LogP contribution is 2.23. The van der Waals surface area contributed by atoms with Gasteiger partial charge in [0.1, 0.15) is 0 Å². The average Bonchev–Trinajstić information content (AvgIpc) is 2.44. The van der Waals surface area contributed by atoms with Gasteiger partial charge in [0.05, 0.1) is 6.10 Å². The van der Waals surface area contributed by atoms with Crippen LogP contribution >= 0.6 is 0 Å². The maximum atomic E-state index is 10.6. The molecule has 2 heteroatoms. The topological polar surface area (TPSA) is 23.5 Å². The molecule has 21 heavy (non-hydrogen) atoms. The first-order valence-corrected chi connectivity index (χ1v) is 7.58. The molecule has 0 heterocycles. The number of nitrogens with zero attached hydrogens (tertiary/aromatic N) is 1. The van der Waals surface area contributed by atoms with E-state index in [1.54, 1.807) is 0 Å². The van der Waals surface area contributed by atoms with Crippen molar-refractivity contribution < 1.29 is 5.11 Å². The molecule has 0 aromatic heterocycles. The van der Waals surface area contributed by atoms with Gasteiger partial charge in [0, 0.05) is 18.8 Å². The smallest absolute Gasteiger partial charge is 0.0967 e. The Morgan fingerprint density at radius 3 is 2.33 bits per heavy atom. The Morgan fingerprint density at radius 1 is 1.00 bits per heavy atom. The highest BCUT2D eigenvalue weighted by molar-refractivity contribution is 5.49. The molecule has 1 N–H and O–H groups in total. The van der Waals surface area contributed by atoms with Crippen LogP contribution in [0.25, 0.3) is 0 Å². The molecule has 0 aliphatic rings. The number of aryl methyl sites for hydroxylation is 3. The standard InChI is InChI=1S/C19H25NO/c1-5-20(17-8-6-7-14(2)12-17)13-19(21)18-10-9-15(3)11-16(18)4/h6-12,19,21H,5,13H2,1-4H3. The van der Waals surface area contributed by atoms with Crippen LogP contribution in [0.5, 0.6) is 0 Å². The van der Waals surface area contributed by atoms with Gasteiger partial charge >= 0.3 is 0 Å². The highest BCUT2D eigenvalue weighted by Gasteiger charge is 2.15. The zero-order chi connectivity index (χ0) is 15.4. The molecule has 2 rings (SSSR count). The second-order valence-corrected chi connectivity index (χ2v) is 5.75. The minimum Gasteiger partial charge on any atom is -0.387 e. The second-order valence-electron chi connectivity index (χ2n) is 5.75. The van der Waals surface area contributed by atoms with Crippen LogP contribution < -0.4 is 4.90 Å². The Morgan fingerprint density at radius 2 is 1.71 bits per heavy atom. The van der Waals surface area contributed by atoms with Crippen LogP contribution in [0.15, 0.2) is 42.5 Å². The van der Waals surface area contributed by atoms with Gasteiger partial charge in [-0.05, 0) is 56.5 Å². The van der Waals surface area contributed by atoms with Gasteiger partial charge in [-0.25, -0.2) is 0 Å².